The number of hydrogen-bond acceptors (Lipinski definition) is 23. The number of halogens is 3. The molecule has 5 aromatic carbocycles. The summed E-state index contributed by atoms with van der Waals surface area (Å²) in [6.07, 6.45) is 20.9. The number of pyridine rings is 5. The number of Topliss-reactive ketones (excluding diaryl/α,β-unsaturated/α-hetero) is 5. The van der Waals surface area contributed by atoms with Gasteiger partial charge in [0.05, 0.1) is 107 Å². The highest BCUT2D eigenvalue weighted by Gasteiger charge is 2.26. The summed E-state index contributed by atoms with van der Waals surface area (Å²) in [7, 11) is 3.27. The Bertz CT molecular complexity index is 6330. The molecular weight excluding hydrogens is 1690 g/mol. The lowest BCUT2D eigenvalue weighted by atomic mass is 9.94. The van der Waals surface area contributed by atoms with Gasteiger partial charge >= 0.3 is 0 Å². The van der Waals surface area contributed by atoms with Crippen molar-refractivity contribution < 1.29 is 37.8 Å². The number of rotatable bonds is 12. The van der Waals surface area contributed by atoms with E-state index >= 15 is 0 Å². The van der Waals surface area contributed by atoms with Crippen LogP contribution in [-0.2, 0) is 32.1 Å². The number of ketones is 5. The van der Waals surface area contributed by atoms with Gasteiger partial charge in [0.15, 0.2) is 28.9 Å². The highest BCUT2D eigenvalue weighted by atomic mass is 79.9. The van der Waals surface area contributed by atoms with E-state index in [0.717, 1.165) is 248 Å². The quantitative estimate of drug-likeness (QED) is 0.110. The predicted molar refractivity (Wildman–Crippen MR) is 475 cm³/mol. The molecule has 0 aliphatic heterocycles. The third kappa shape index (κ3) is 19.1. The Kier molecular flexibility index (Phi) is 25.4. The third-order valence-electron chi connectivity index (χ3n) is 20.5. The number of benzene rings is 5. The summed E-state index contributed by atoms with van der Waals surface area (Å²) in [5.41, 5.74) is 18.8. The van der Waals surface area contributed by atoms with Gasteiger partial charge in [0.2, 0.25) is 0 Å². The number of methoxy groups -OCH3 is 2. The van der Waals surface area contributed by atoms with Gasteiger partial charge in [0.1, 0.15) is 42.4 Å². The molecule has 0 bridgehead atoms. The molecule has 5 aliphatic rings. The minimum atomic E-state index is -0.245. The average molecular weight is 1760 g/mol. The minimum absolute atomic E-state index is 0.172. The summed E-state index contributed by atoms with van der Waals surface area (Å²) >= 11 is 17.3. The highest BCUT2D eigenvalue weighted by Crippen LogP contribution is 2.41. The van der Waals surface area contributed by atoms with Gasteiger partial charge in [-0.3, -0.25) is 24.0 Å². The topological polar surface area (TPSA) is 256 Å². The largest absolute Gasteiger partial charge is 0.497 e. The molecule has 18 nitrogen and oxygen atoms in total. The maximum Gasteiger partial charge on any atom is 0.164 e. The molecule has 10 heterocycles. The number of hydrogen-bond donors (Lipinski definition) is 0. The first-order valence-electron chi connectivity index (χ1n) is 38.9. The van der Waals surface area contributed by atoms with E-state index in [4.69, 9.17) is 26.3 Å². The number of nitrogens with zero attached hydrogens (tertiary/aromatic N) is 11. The Hall–Kier alpha value is -11.9. The van der Waals surface area contributed by atoms with Crippen molar-refractivity contribution in [3.05, 3.63) is 284 Å². The van der Waals surface area contributed by atoms with Crippen LogP contribution in [0.25, 0.3) is 106 Å². The molecular formula is C94H72BrClFN11O7S5. The number of aromatic nitrogens is 10. The zero-order valence-electron chi connectivity index (χ0n) is 65.1. The highest BCUT2D eigenvalue weighted by molar-refractivity contribution is 9.10. The third-order valence-corrected chi connectivity index (χ3v) is 26.6. The zero-order valence-corrected chi connectivity index (χ0v) is 71.5. The molecule has 0 fully saturated rings. The predicted octanol–water partition coefficient (Wildman–Crippen LogP) is 23.7. The first-order valence-corrected chi connectivity index (χ1v) is 44.2. The van der Waals surface area contributed by atoms with E-state index in [1.54, 1.807) is 71.8 Å². The molecule has 20 rings (SSSR count). The molecule has 26 heteroatoms. The summed E-state index contributed by atoms with van der Waals surface area (Å²) in [5, 5.41) is 13.9. The number of ether oxygens (including phenoxy) is 2. The first kappa shape index (κ1) is 81.9. The molecule has 10 aromatic heterocycles. The van der Waals surface area contributed by atoms with Gasteiger partial charge in [-0.15, -0.1) is 56.7 Å². The van der Waals surface area contributed by atoms with Crippen molar-refractivity contribution in [2.75, 3.05) is 14.2 Å². The van der Waals surface area contributed by atoms with Crippen molar-refractivity contribution in [1.29, 1.82) is 5.26 Å². The first-order chi connectivity index (χ1) is 58.4. The molecule has 0 atom stereocenters. The molecule has 0 radical (unpaired) electrons. The van der Waals surface area contributed by atoms with Crippen LogP contribution in [0.15, 0.2) is 205 Å². The van der Waals surface area contributed by atoms with Crippen LogP contribution in [0, 0.1) is 24.1 Å². The normalized spacial score (nSPS) is 13.7. The maximum atomic E-state index is 13.6. The fourth-order valence-electron chi connectivity index (χ4n) is 14.6. The van der Waals surface area contributed by atoms with Crippen LogP contribution in [0.1, 0.15) is 156 Å². The smallest absolute Gasteiger partial charge is 0.164 e. The van der Waals surface area contributed by atoms with Crippen LogP contribution < -0.4 is 9.47 Å². The second-order valence-corrected chi connectivity index (χ2v) is 35.3. The summed E-state index contributed by atoms with van der Waals surface area (Å²) in [5.74, 6) is 2.18. The molecule has 0 spiro atoms. The number of carbonyl (C=O) groups is 5. The Morgan fingerprint density at radius 3 is 1.01 bits per heavy atom. The molecule has 15 aromatic rings. The zero-order chi connectivity index (χ0) is 82.9. The van der Waals surface area contributed by atoms with Gasteiger partial charge in [0, 0.05) is 112 Å². The average Bonchev–Trinajstić information content (AvgIpc) is 1.56. The Morgan fingerprint density at radius 1 is 0.367 bits per heavy atom. The molecule has 0 saturated carbocycles. The molecule has 0 unspecified atom stereocenters. The van der Waals surface area contributed by atoms with E-state index in [2.05, 4.69) is 84.0 Å². The van der Waals surface area contributed by atoms with Crippen LogP contribution in [0.2, 0.25) is 5.02 Å². The van der Waals surface area contributed by atoms with Crippen molar-refractivity contribution >= 4 is 113 Å². The Morgan fingerprint density at radius 2 is 0.683 bits per heavy atom. The van der Waals surface area contributed by atoms with Gasteiger partial charge in [0.25, 0.3) is 0 Å². The van der Waals surface area contributed by atoms with Crippen LogP contribution >= 0.6 is 84.2 Å². The fourth-order valence-corrected chi connectivity index (χ4v) is 19.5. The Labute approximate surface area is 724 Å². The van der Waals surface area contributed by atoms with Crippen molar-refractivity contribution in [2.24, 2.45) is 0 Å². The van der Waals surface area contributed by atoms with E-state index in [-0.39, 0.29) is 34.7 Å². The van der Waals surface area contributed by atoms with E-state index in [1.165, 1.54) is 23.5 Å². The molecule has 0 saturated heterocycles. The number of aryl methyl sites for hydroxylation is 6. The Balaban J connectivity index is 0.000000112. The lowest BCUT2D eigenvalue weighted by Crippen LogP contribution is -2.12. The maximum absolute atomic E-state index is 13.6. The van der Waals surface area contributed by atoms with Crippen LogP contribution in [0.5, 0.6) is 11.5 Å². The molecule has 0 amide bonds. The molecule has 5 aliphatic carbocycles. The summed E-state index contributed by atoms with van der Waals surface area (Å²) in [6.45, 7) is 1.87. The van der Waals surface area contributed by atoms with Gasteiger partial charge in [-0.1, -0.05) is 70.0 Å². The van der Waals surface area contributed by atoms with Gasteiger partial charge < -0.3 is 9.47 Å². The van der Waals surface area contributed by atoms with E-state index < -0.39 is 0 Å². The van der Waals surface area contributed by atoms with E-state index in [9.17, 15) is 28.4 Å². The molecule has 0 N–H and O–H groups in total. The minimum Gasteiger partial charge on any atom is -0.497 e. The standard InChI is InChI=1S/C20H18N2O3S.C19H15FN2OS.C19H13N3OS.C18H13BrN2OS.C18H13ClN2OS/c1-24-13-8-12(9-14(10-13)25-2)19-11-21-20(26-19)17-7-6-15-16(22-17)4-3-5-18(15)23;1-11-7-12(9-13(20)8-11)18-10-21-19(24-18)16-6-5-14-15(22-16)3-2-4-17(14)23;20-10-12-3-1-4-13(9-12)18-11-21-19(24-18)16-8-7-14-15(22-16)5-2-6-17(14)23;2*19-12-4-1-3-11(9-12)17-10-20-18(23-17)15-8-7-13-14(21-15)5-2-6-16(13)22/h6-11H,3-5H2,1-2H3;5-10H,2-4H2,1H3;1,3-4,7-9,11H,2,5-6H2;2*1,3-4,7-10H,2,5-6H2. The summed E-state index contributed by atoms with van der Waals surface area (Å²) in [4.78, 5) is 110. The lowest BCUT2D eigenvalue weighted by Gasteiger charge is -2.13. The molecule has 120 heavy (non-hydrogen) atoms. The second-order valence-electron chi connectivity index (χ2n) is 28.8. The monoisotopic (exact) mass is 1760 g/mol. The lowest BCUT2D eigenvalue weighted by molar-refractivity contribution is 0.0963. The van der Waals surface area contributed by atoms with Crippen molar-refractivity contribution in [3.8, 4) is 123 Å². The molecule has 596 valence electrons. The van der Waals surface area contributed by atoms with E-state index in [0.29, 0.717) is 42.7 Å². The fraction of sp³-hybridized carbons (Fsp3) is 0.191. The van der Waals surface area contributed by atoms with Crippen molar-refractivity contribution in [3.63, 3.8) is 0 Å². The van der Waals surface area contributed by atoms with Crippen molar-refractivity contribution in [2.45, 2.75) is 103 Å². The van der Waals surface area contributed by atoms with Crippen LogP contribution in [0.4, 0.5) is 4.39 Å². The number of nitriles is 1. The van der Waals surface area contributed by atoms with Gasteiger partial charge in [-0.25, -0.2) is 54.2 Å². The van der Waals surface area contributed by atoms with E-state index in [1.807, 2.05) is 171 Å². The van der Waals surface area contributed by atoms with Gasteiger partial charge in [-0.2, -0.15) is 5.26 Å². The summed E-state index contributed by atoms with van der Waals surface area (Å²) in [6, 6.07) is 55.1. The number of fused-ring (bicyclic) bond motifs is 5. The number of thiazole rings is 5. The SMILES string of the molecule is COc1cc(OC)cc(-c2cnc(-c3ccc4c(n3)CCCC4=O)s2)c1.Cc1cc(F)cc(-c2cnc(-c3ccc4c(n3)CCCC4=O)s2)c1.N#Cc1cccc(-c2cnc(-c3ccc4c(n3)CCCC4=O)s2)c1.O=C1CCCc2nc(-c3ncc(-c4cccc(Br)c4)s3)ccc21.O=C1CCCc2nc(-c3ncc(-c4cccc(Cl)c4)s3)ccc21. The second kappa shape index (κ2) is 37.2. The van der Waals surface area contributed by atoms with Crippen LogP contribution in [-0.4, -0.2) is 93.0 Å². The summed E-state index contributed by atoms with van der Waals surface area (Å²) < 4.78 is 25.3. The van der Waals surface area contributed by atoms with Gasteiger partial charge in [-0.05, 0) is 220 Å². The number of carbonyl (C=O) groups excluding carboxylic acids is 5. The van der Waals surface area contributed by atoms with Crippen LogP contribution in [0.3, 0.4) is 0 Å². The van der Waals surface area contributed by atoms with Crippen molar-refractivity contribution in [1.82, 2.24) is 49.8 Å².